The number of anilines is 1. The molecule has 4 heterocycles. The molecule has 262 valence electrons. The number of carbonyl (C=O) groups is 1. The number of benzene rings is 3. The lowest BCUT2D eigenvalue weighted by Crippen LogP contribution is -2.42. The van der Waals surface area contributed by atoms with E-state index in [9.17, 15) is 14.2 Å². The van der Waals surface area contributed by atoms with E-state index in [1.165, 1.54) is 13.3 Å². The van der Waals surface area contributed by atoms with E-state index < -0.39 is 55.1 Å². The van der Waals surface area contributed by atoms with E-state index in [4.69, 9.17) is 33.7 Å². The van der Waals surface area contributed by atoms with Crippen LogP contribution >= 0.6 is 7.75 Å². The first-order chi connectivity index (χ1) is 23.8. The van der Waals surface area contributed by atoms with Gasteiger partial charge >= 0.3 is 13.7 Å². The summed E-state index contributed by atoms with van der Waals surface area (Å²) in [4.78, 5) is 36.6. The van der Waals surface area contributed by atoms with Gasteiger partial charge in [0, 0.05) is 5.39 Å². The first kappa shape index (κ1) is 33.8. The SMILES string of the molecule is C[C@H](NP(=O)(OC[C@H]1O[C@@H](n2cnc3c(=O)[nH]c(N)nc32)C2(C)OC(C)(C)OC12)Oc1cccc2ccccc12)C(=O)OCc1ccccc1. The summed E-state index contributed by atoms with van der Waals surface area (Å²) in [5.41, 5.74) is 5.24. The molecule has 2 fully saturated rings. The number of fused-ring (bicyclic) bond motifs is 3. The molecule has 5 aromatic rings. The molecule has 0 aliphatic carbocycles. The fraction of sp³-hybridized carbons (Fsp3) is 0.353. The lowest BCUT2D eigenvalue weighted by molar-refractivity contribution is -0.216. The lowest BCUT2D eigenvalue weighted by atomic mass is 9.96. The number of nitrogens with one attached hydrogen (secondary N) is 2. The van der Waals surface area contributed by atoms with Crippen LogP contribution in [0, 0.1) is 0 Å². The Bertz CT molecular complexity index is 2150. The summed E-state index contributed by atoms with van der Waals surface area (Å²) in [6, 6.07) is 20.9. The largest absolute Gasteiger partial charge is 0.460 e. The number of esters is 1. The zero-order valence-corrected chi connectivity index (χ0v) is 28.7. The van der Waals surface area contributed by atoms with Gasteiger partial charge in [-0.25, -0.2) is 9.55 Å². The Hall–Kier alpha value is -4.63. The maximum Gasteiger partial charge on any atom is 0.459 e. The molecule has 0 radical (unpaired) electrons. The van der Waals surface area contributed by atoms with E-state index in [1.807, 2.05) is 60.7 Å². The normalized spacial score (nSPS) is 24.5. The van der Waals surface area contributed by atoms with Crippen molar-refractivity contribution in [1.29, 1.82) is 0 Å². The average molecular weight is 705 g/mol. The molecule has 0 bridgehead atoms. The van der Waals surface area contributed by atoms with E-state index in [1.54, 1.807) is 37.5 Å². The Morgan fingerprint density at radius 2 is 1.84 bits per heavy atom. The molecule has 4 N–H and O–H groups in total. The number of rotatable bonds is 11. The fourth-order valence-corrected chi connectivity index (χ4v) is 7.96. The number of ether oxygens (including phenoxy) is 4. The van der Waals surface area contributed by atoms with Crippen LogP contribution in [0.15, 0.2) is 83.9 Å². The Kier molecular flexibility index (Phi) is 8.75. The van der Waals surface area contributed by atoms with Crippen LogP contribution in [0.5, 0.6) is 5.75 Å². The molecule has 3 aromatic carbocycles. The van der Waals surface area contributed by atoms with Crippen LogP contribution in [0.25, 0.3) is 21.9 Å². The zero-order chi connectivity index (χ0) is 35.3. The minimum Gasteiger partial charge on any atom is -0.460 e. The number of aromatic amines is 1. The predicted molar refractivity (Wildman–Crippen MR) is 182 cm³/mol. The number of hydrogen-bond acceptors (Lipinski definition) is 12. The lowest BCUT2D eigenvalue weighted by Gasteiger charge is -2.30. The molecule has 50 heavy (non-hydrogen) atoms. The van der Waals surface area contributed by atoms with Crippen LogP contribution in [0.3, 0.4) is 0 Å². The molecule has 0 amide bonds. The summed E-state index contributed by atoms with van der Waals surface area (Å²) in [5.74, 6) is -1.52. The highest BCUT2D eigenvalue weighted by Crippen LogP contribution is 2.53. The molecule has 2 saturated heterocycles. The Balaban J connectivity index is 1.17. The fourth-order valence-electron chi connectivity index (χ4n) is 6.44. The maximum atomic E-state index is 14.7. The Morgan fingerprint density at radius 1 is 1.10 bits per heavy atom. The third-order valence-corrected chi connectivity index (χ3v) is 10.2. The van der Waals surface area contributed by atoms with E-state index in [-0.39, 0.29) is 36.1 Å². The van der Waals surface area contributed by atoms with Crippen LogP contribution < -0.4 is 20.9 Å². The molecule has 0 spiro atoms. The van der Waals surface area contributed by atoms with Crippen molar-refractivity contribution in [2.24, 2.45) is 0 Å². The molecule has 3 unspecified atom stereocenters. The minimum absolute atomic E-state index is 0.0288. The quantitative estimate of drug-likeness (QED) is 0.128. The van der Waals surface area contributed by atoms with Gasteiger partial charge in [0.25, 0.3) is 5.56 Å². The highest BCUT2D eigenvalue weighted by molar-refractivity contribution is 7.52. The van der Waals surface area contributed by atoms with Gasteiger partial charge in [-0.15, -0.1) is 0 Å². The summed E-state index contributed by atoms with van der Waals surface area (Å²) in [5, 5.41) is 4.30. The summed E-state index contributed by atoms with van der Waals surface area (Å²) in [6.45, 7) is 6.54. The van der Waals surface area contributed by atoms with Gasteiger partial charge in [-0.1, -0.05) is 66.7 Å². The molecular weight excluding hydrogens is 667 g/mol. The van der Waals surface area contributed by atoms with Crippen molar-refractivity contribution >= 4 is 41.6 Å². The minimum atomic E-state index is -4.35. The van der Waals surface area contributed by atoms with Crippen molar-refractivity contribution in [3.8, 4) is 5.75 Å². The van der Waals surface area contributed by atoms with Crippen LogP contribution in [0.1, 0.15) is 39.5 Å². The highest BCUT2D eigenvalue weighted by atomic mass is 31.2. The third kappa shape index (κ3) is 6.51. The van der Waals surface area contributed by atoms with Gasteiger partial charge in [0.2, 0.25) is 5.95 Å². The van der Waals surface area contributed by atoms with Crippen molar-refractivity contribution in [2.45, 2.75) is 70.2 Å². The maximum absolute atomic E-state index is 14.7. The molecule has 2 aliphatic heterocycles. The standard InChI is InChI=1S/C34H37N6O9P/c1-20(30(42)44-17-21-11-6-5-7-12-21)39-50(43,48-24-16-10-14-22-13-8-9-15-23(22)24)45-18-25-27-34(4,49-33(2,3)47-27)31(46-25)40-19-36-26-28(40)37-32(35)38-29(26)41/h5-16,19-20,25,27,31H,17-18H2,1-4H3,(H,39,43)(H3,35,37,38,41)/t20-,25+,27?,31+,34?,50?/m0/s1. The summed E-state index contributed by atoms with van der Waals surface area (Å²) in [6.07, 6.45) is -1.13. The topological polar surface area (TPSA) is 191 Å². The molecule has 15 nitrogen and oxygen atoms in total. The Labute approximate surface area is 286 Å². The van der Waals surface area contributed by atoms with E-state index >= 15 is 0 Å². The number of imidazole rings is 1. The molecule has 16 heteroatoms. The van der Waals surface area contributed by atoms with Crippen molar-refractivity contribution in [3.05, 3.63) is 95.0 Å². The van der Waals surface area contributed by atoms with Gasteiger partial charge in [-0.3, -0.25) is 23.7 Å². The van der Waals surface area contributed by atoms with E-state index in [0.717, 1.165) is 10.9 Å². The summed E-state index contributed by atoms with van der Waals surface area (Å²) in [7, 11) is -4.35. The van der Waals surface area contributed by atoms with Gasteiger partial charge in [0.05, 0.1) is 12.9 Å². The Morgan fingerprint density at radius 3 is 2.64 bits per heavy atom. The van der Waals surface area contributed by atoms with Crippen LogP contribution in [0.4, 0.5) is 5.95 Å². The van der Waals surface area contributed by atoms with Crippen molar-refractivity contribution in [3.63, 3.8) is 0 Å². The second kappa shape index (κ2) is 12.9. The van der Waals surface area contributed by atoms with Crippen LogP contribution in [-0.4, -0.2) is 61.7 Å². The number of H-pyrrole nitrogens is 1. The monoisotopic (exact) mass is 704 g/mol. The number of nitrogen functional groups attached to an aromatic ring is 1. The molecule has 6 atom stereocenters. The second-order valence-electron chi connectivity index (χ2n) is 12.8. The first-order valence-corrected chi connectivity index (χ1v) is 17.5. The third-order valence-electron chi connectivity index (χ3n) is 8.58. The molecular formula is C34H37N6O9P. The van der Waals surface area contributed by atoms with E-state index in [2.05, 4.69) is 20.0 Å². The van der Waals surface area contributed by atoms with Crippen molar-refractivity contribution < 1.29 is 37.4 Å². The van der Waals surface area contributed by atoms with Crippen LogP contribution in [-0.2, 0) is 39.4 Å². The van der Waals surface area contributed by atoms with Gasteiger partial charge in [0.1, 0.15) is 36.2 Å². The number of nitrogens with zero attached hydrogens (tertiary/aromatic N) is 3. The van der Waals surface area contributed by atoms with Crippen molar-refractivity contribution in [2.75, 3.05) is 12.3 Å². The van der Waals surface area contributed by atoms with Crippen LogP contribution in [0.2, 0.25) is 0 Å². The number of hydrogen-bond donors (Lipinski definition) is 3. The van der Waals surface area contributed by atoms with Gasteiger partial charge in [-0.2, -0.15) is 10.1 Å². The predicted octanol–water partition coefficient (Wildman–Crippen LogP) is 4.59. The molecule has 0 saturated carbocycles. The highest BCUT2D eigenvalue weighted by Gasteiger charge is 2.64. The van der Waals surface area contributed by atoms with Gasteiger partial charge in [-0.05, 0) is 44.7 Å². The van der Waals surface area contributed by atoms with Gasteiger partial charge in [0.15, 0.2) is 23.2 Å². The molecule has 2 aliphatic rings. The van der Waals surface area contributed by atoms with Crippen molar-refractivity contribution in [1.82, 2.24) is 24.6 Å². The summed E-state index contributed by atoms with van der Waals surface area (Å²) >= 11 is 0. The first-order valence-electron chi connectivity index (χ1n) is 16.0. The average Bonchev–Trinajstić information content (AvgIpc) is 3.69. The van der Waals surface area contributed by atoms with Gasteiger partial charge < -0.3 is 29.2 Å². The summed E-state index contributed by atoms with van der Waals surface area (Å²) < 4.78 is 53.1. The second-order valence-corrected chi connectivity index (χ2v) is 14.5. The number of carbonyl (C=O) groups excluding carboxylic acids is 1. The smallest absolute Gasteiger partial charge is 0.459 e. The number of aromatic nitrogens is 4. The molecule has 7 rings (SSSR count). The van der Waals surface area contributed by atoms with E-state index in [0.29, 0.717) is 5.39 Å². The molecule has 2 aromatic heterocycles. The zero-order valence-electron chi connectivity index (χ0n) is 27.8. The number of nitrogens with two attached hydrogens (primary N) is 1.